The van der Waals surface area contributed by atoms with Gasteiger partial charge in [-0.05, 0) is 53.2 Å². The largest absolute Gasteiger partial charge is 0.299 e. The number of rotatable bonds is 5. The minimum atomic E-state index is -0.0665. The zero-order valence-corrected chi connectivity index (χ0v) is 13.4. The van der Waals surface area contributed by atoms with Crippen LogP contribution in [0.5, 0.6) is 0 Å². The van der Waals surface area contributed by atoms with E-state index in [1.165, 1.54) is 12.8 Å². The van der Waals surface area contributed by atoms with Crippen LogP contribution in [-0.2, 0) is 11.2 Å². The molecule has 1 fully saturated rings. The van der Waals surface area contributed by atoms with E-state index >= 15 is 0 Å². The van der Waals surface area contributed by atoms with E-state index in [-0.39, 0.29) is 5.41 Å². The maximum absolute atomic E-state index is 12.7. The molecule has 0 N–H and O–H groups in total. The van der Waals surface area contributed by atoms with Gasteiger partial charge in [0.1, 0.15) is 5.78 Å². The van der Waals surface area contributed by atoms with E-state index in [1.54, 1.807) is 6.20 Å². The first kappa shape index (κ1) is 14.7. The summed E-state index contributed by atoms with van der Waals surface area (Å²) in [7, 11) is 0. The van der Waals surface area contributed by atoms with E-state index in [2.05, 4.69) is 34.8 Å². The molecule has 19 heavy (non-hydrogen) atoms. The van der Waals surface area contributed by atoms with Gasteiger partial charge in [0.25, 0.3) is 0 Å². The van der Waals surface area contributed by atoms with Crippen LogP contribution in [-0.4, -0.2) is 10.8 Å². The van der Waals surface area contributed by atoms with Crippen LogP contribution < -0.4 is 0 Å². The first-order chi connectivity index (χ1) is 9.02. The molecule has 1 aromatic heterocycles. The Kier molecular flexibility index (Phi) is 4.77. The Morgan fingerprint density at radius 3 is 2.58 bits per heavy atom. The summed E-state index contributed by atoms with van der Waals surface area (Å²) < 4.78 is 0.960. The molecule has 0 bridgehead atoms. The molecule has 0 aliphatic heterocycles. The minimum absolute atomic E-state index is 0.0665. The van der Waals surface area contributed by atoms with Gasteiger partial charge in [-0.1, -0.05) is 26.7 Å². The smallest absolute Gasteiger partial charge is 0.144 e. The first-order valence-corrected chi connectivity index (χ1v) is 7.95. The molecule has 0 saturated heterocycles. The van der Waals surface area contributed by atoms with Gasteiger partial charge in [-0.3, -0.25) is 9.78 Å². The summed E-state index contributed by atoms with van der Waals surface area (Å²) in [6, 6.07) is 3.90. The molecule has 2 rings (SSSR count). The fourth-order valence-corrected chi connectivity index (χ4v) is 3.53. The molecule has 0 atom stereocenters. The summed E-state index contributed by atoms with van der Waals surface area (Å²) in [6.07, 6.45) is 7.83. The highest BCUT2D eigenvalue weighted by Crippen LogP contribution is 2.44. The fourth-order valence-electron chi connectivity index (χ4n) is 3.29. The monoisotopic (exact) mass is 323 g/mol. The van der Waals surface area contributed by atoms with Gasteiger partial charge in [0.2, 0.25) is 0 Å². The molecule has 3 heteroatoms. The predicted octanol–water partition coefficient (Wildman–Crippen LogP) is 4.56. The van der Waals surface area contributed by atoms with Crippen molar-refractivity contribution in [2.24, 2.45) is 11.3 Å². The Bertz CT molecular complexity index is 433. The summed E-state index contributed by atoms with van der Waals surface area (Å²) in [5, 5.41) is 0. The molecule has 1 heterocycles. The van der Waals surface area contributed by atoms with Crippen molar-refractivity contribution in [2.75, 3.05) is 0 Å². The van der Waals surface area contributed by atoms with E-state index in [0.29, 0.717) is 18.1 Å². The molecule has 1 aromatic rings. The van der Waals surface area contributed by atoms with Crippen molar-refractivity contribution >= 4 is 21.7 Å². The highest BCUT2D eigenvalue weighted by molar-refractivity contribution is 9.10. The summed E-state index contributed by atoms with van der Waals surface area (Å²) in [6.45, 7) is 4.43. The van der Waals surface area contributed by atoms with Crippen molar-refractivity contribution in [1.82, 2.24) is 4.98 Å². The molecule has 2 nitrogen and oxygen atoms in total. The molecule has 0 radical (unpaired) electrons. The summed E-state index contributed by atoms with van der Waals surface area (Å²) in [5.41, 5.74) is 0.825. The minimum Gasteiger partial charge on any atom is -0.299 e. The van der Waals surface area contributed by atoms with Crippen molar-refractivity contribution < 1.29 is 4.79 Å². The van der Waals surface area contributed by atoms with Gasteiger partial charge in [-0.2, -0.15) is 0 Å². The van der Waals surface area contributed by atoms with Gasteiger partial charge in [-0.25, -0.2) is 0 Å². The quantitative estimate of drug-likeness (QED) is 0.794. The average molecular weight is 324 g/mol. The van der Waals surface area contributed by atoms with Crippen LogP contribution in [0.15, 0.2) is 22.8 Å². The normalized spacial score (nSPS) is 17.9. The van der Waals surface area contributed by atoms with Gasteiger partial charge in [0, 0.05) is 28.2 Å². The van der Waals surface area contributed by atoms with Gasteiger partial charge in [0.15, 0.2) is 0 Å². The van der Waals surface area contributed by atoms with E-state index in [9.17, 15) is 4.79 Å². The van der Waals surface area contributed by atoms with E-state index < -0.39 is 0 Å². The van der Waals surface area contributed by atoms with Gasteiger partial charge >= 0.3 is 0 Å². The molecule has 0 unspecified atom stereocenters. The summed E-state index contributed by atoms with van der Waals surface area (Å²) in [5.74, 6) is 0.980. The molecular weight excluding hydrogens is 302 g/mol. The van der Waals surface area contributed by atoms with Crippen molar-refractivity contribution in [2.45, 2.75) is 52.4 Å². The molecule has 1 aliphatic carbocycles. The van der Waals surface area contributed by atoms with Crippen LogP contribution in [0.1, 0.15) is 51.6 Å². The number of carbonyl (C=O) groups excluding carboxylic acids is 1. The standard InChI is InChI=1S/C16H22BrNO/c1-12(2)10-16(7-3-4-8-16)15(19)9-14-6-5-13(17)11-18-14/h5-6,11-12H,3-4,7-10H2,1-2H3. The lowest BCUT2D eigenvalue weighted by molar-refractivity contribution is -0.128. The molecule has 1 aliphatic rings. The van der Waals surface area contributed by atoms with E-state index in [4.69, 9.17) is 0 Å². The zero-order chi connectivity index (χ0) is 13.9. The van der Waals surface area contributed by atoms with Crippen LogP contribution in [0.2, 0.25) is 0 Å². The van der Waals surface area contributed by atoms with Crippen LogP contribution in [0, 0.1) is 11.3 Å². The third kappa shape index (κ3) is 3.65. The van der Waals surface area contributed by atoms with Crippen molar-refractivity contribution in [3.63, 3.8) is 0 Å². The van der Waals surface area contributed by atoms with Crippen LogP contribution in [0.3, 0.4) is 0 Å². The van der Waals surface area contributed by atoms with Crippen molar-refractivity contribution in [3.8, 4) is 0 Å². The lowest BCUT2D eigenvalue weighted by Crippen LogP contribution is -2.31. The summed E-state index contributed by atoms with van der Waals surface area (Å²) >= 11 is 3.37. The fraction of sp³-hybridized carbons (Fsp3) is 0.625. The van der Waals surface area contributed by atoms with Gasteiger partial charge in [-0.15, -0.1) is 0 Å². The number of carbonyl (C=O) groups is 1. The summed E-state index contributed by atoms with van der Waals surface area (Å²) in [4.78, 5) is 17.0. The molecule has 104 valence electrons. The number of pyridine rings is 1. The lowest BCUT2D eigenvalue weighted by Gasteiger charge is -2.29. The Balaban J connectivity index is 2.09. The number of hydrogen-bond donors (Lipinski definition) is 0. The number of nitrogens with zero attached hydrogens (tertiary/aromatic N) is 1. The molecule has 0 spiro atoms. The Morgan fingerprint density at radius 2 is 2.05 bits per heavy atom. The van der Waals surface area contributed by atoms with Crippen LogP contribution >= 0.6 is 15.9 Å². The topological polar surface area (TPSA) is 30.0 Å². The molecule has 0 amide bonds. The SMILES string of the molecule is CC(C)CC1(C(=O)Cc2ccc(Br)cn2)CCCC1. The second kappa shape index (κ2) is 6.17. The third-order valence-electron chi connectivity index (χ3n) is 4.08. The van der Waals surface area contributed by atoms with Gasteiger partial charge in [0.05, 0.1) is 0 Å². The average Bonchev–Trinajstić information content (AvgIpc) is 2.81. The van der Waals surface area contributed by atoms with Crippen LogP contribution in [0.25, 0.3) is 0 Å². The van der Waals surface area contributed by atoms with Crippen molar-refractivity contribution in [3.05, 3.63) is 28.5 Å². The number of ketones is 1. The highest BCUT2D eigenvalue weighted by atomic mass is 79.9. The second-order valence-corrected chi connectivity index (χ2v) is 7.07. The number of aromatic nitrogens is 1. The lowest BCUT2D eigenvalue weighted by atomic mass is 9.74. The van der Waals surface area contributed by atoms with Crippen LogP contribution in [0.4, 0.5) is 0 Å². The Hall–Kier alpha value is -0.700. The van der Waals surface area contributed by atoms with E-state index in [1.807, 2.05) is 12.1 Å². The van der Waals surface area contributed by atoms with E-state index in [0.717, 1.165) is 29.4 Å². The number of Topliss-reactive ketones (excluding diaryl/α,β-unsaturated/α-hetero) is 1. The Labute approximate surface area is 124 Å². The first-order valence-electron chi connectivity index (χ1n) is 7.15. The number of hydrogen-bond acceptors (Lipinski definition) is 2. The predicted molar refractivity (Wildman–Crippen MR) is 81.0 cm³/mol. The van der Waals surface area contributed by atoms with Gasteiger partial charge < -0.3 is 0 Å². The molecule has 0 aromatic carbocycles. The third-order valence-corrected chi connectivity index (χ3v) is 4.55. The zero-order valence-electron chi connectivity index (χ0n) is 11.8. The highest BCUT2D eigenvalue weighted by Gasteiger charge is 2.40. The molecule has 1 saturated carbocycles. The van der Waals surface area contributed by atoms with Crippen molar-refractivity contribution in [1.29, 1.82) is 0 Å². The Morgan fingerprint density at radius 1 is 1.37 bits per heavy atom. The maximum Gasteiger partial charge on any atom is 0.144 e. The number of halogens is 1. The molecular formula is C16H22BrNO. The maximum atomic E-state index is 12.7. The second-order valence-electron chi connectivity index (χ2n) is 6.15.